The molecule has 4 aromatic rings. The largest absolute Gasteiger partial charge is 0.309 e. The van der Waals surface area contributed by atoms with Crippen molar-refractivity contribution < 1.29 is 0 Å². The lowest BCUT2D eigenvalue weighted by Gasteiger charge is -2.17. The number of halogens is 2. The Kier molecular flexibility index (Phi) is 4.58. The molecule has 0 atom stereocenters. The second-order valence-electron chi connectivity index (χ2n) is 6.25. The number of aryl methyl sites for hydroxylation is 1. The maximum Gasteiger partial charge on any atom is 0.0535 e. The van der Waals surface area contributed by atoms with Gasteiger partial charge in [0.15, 0.2) is 0 Å². The van der Waals surface area contributed by atoms with E-state index in [4.69, 9.17) is 23.2 Å². The second-order valence-corrected chi connectivity index (χ2v) is 7.12. The summed E-state index contributed by atoms with van der Waals surface area (Å²) >= 11 is 12.6. The lowest BCUT2D eigenvalue weighted by molar-refractivity contribution is 1.07. The molecule has 3 heteroatoms. The van der Waals surface area contributed by atoms with Crippen molar-refractivity contribution in [2.45, 2.75) is 6.92 Å². The monoisotopic (exact) mass is 377 g/mol. The van der Waals surface area contributed by atoms with Gasteiger partial charge in [-0.05, 0) is 60.0 Å². The van der Waals surface area contributed by atoms with E-state index in [1.807, 2.05) is 42.5 Å². The van der Waals surface area contributed by atoms with Crippen LogP contribution in [0, 0.1) is 6.92 Å². The third kappa shape index (κ3) is 3.16. The third-order valence-corrected chi connectivity index (χ3v) is 4.95. The van der Waals surface area contributed by atoms with E-state index in [2.05, 4.69) is 54.0 Å². The zero-order valence-corrected chi connectivity index (χ0v) is 15.8. The number of hydrogen-bond acceptors (Lipinski definition) is 0. The number of rotatable bonds is 3. The number of aromatic nitrogens is 1. The SMILES string of the molecule is Cc1ccc(Cl)cc1-n1c(-c2ccccc2)ccc1-c1cccc(Cl)c1. The molecule has 0 N–H and O–H groups in total. The van der Waals surface area contributed by atoms with Crippen LogP contribution in [0.2, 0.25) is 10.0 Å². The Labute approximate surface area is 163 Å². The molecule has 0 amide bonds. The minimum atomic E-state index is 0.718. The number of hydrogen-bond donors (Lipinski definition) is 0. The minimum Gasteiger partial charge on any atom is -0.309 e. The highest BCUT2D eigenvalue weighted by Crippen LogP contribution is 2.35. The van der Waals surface area contributed by atoms with Gasteiger partial charge in [0.1, 0.15) is 0 Å². The van der Waals surface area contributed by atoms with E-state index in [-0.39, 0.29) is 0 Å². The summed E-state index contributed by atoms with van der Waals surface area (Å²) in [7, 11) is 0. The molecule has 1 nitrogen and oxygen atoms in total. The lowest BCUT2D eigenvalue weighted by Crippen LogP contribution is -2.01. The first-order valence-electron chi connectivity index (χ1n) is 8.43. The van der Waals surface area contributed by atoms with E-state index in [1.165, 1.54) is 0 Å². The van der Waals surface area contributed by atoms with Gasteiger partial charge in [-0.1, -0.05) is 71.7 Å². The average Bonchev–Trinajstić information content (AvgIpc) is 3.09. The van der Waals surface area contributed by atoms with Crippen LogP contribution in [-0.4, -0.2) is 4.57 Å². The molecule has 0 aliphatic rings. The smallest absolute Gasteiger partial charge is 0.0535 e. The summed E-state index contributed by atoms with van der Waals surface area (Å²) in [4.78, 5) is 0. The van der Waals surface area contributed by atoms with E-state index >= 15 is 0 Å². The lowest BCUT2D eigenvalue weighted by atomic mass is 10.1. The summed E-state index contributed by atoms with van der Waals surface area (Å²) in [6.45, 7) is 2.10. The maximum atomic E-state index is 6.32. The average molecular weight is 378 g/mol. The third-order valence-electron chi connectivity index (χ3n) is 4.48. The molecule has 0 aliphatic heterocycles. The molecule has 1 heterocycles. The zero-order valence-electron chi connectivity index (χ0n) is 14.3. The Morgan fingerprint density at radius 3 is 2.00 bits per heavy atom. The van der Waals surface area contributed by atoms with Gasteiger partial charge in [-0.15, -0.1) is 0 Å². The summed E-state index contributed by atoms with van der Waals surface area (Å²) in [5.74, 6) is 0. The van der Waals surface area contributed by atoms with Gasteiger partial charge < -0.3 is 4.57 Å². The first-order valence-corrected chi connectivity index (χ1v) is 9.19. The zero-order chi connectivity index (χ0) is 18.1. The van der Waals surface area contributed by atoms with Crippen LogP contribution in [0.1, 0.15) is 5.56 Å². The predicted octanol–water partition coefficient (Wildman–Crippen LogP) is 7.43. The van der Waals surface area contributed by atoms with Gasteiger partial charge >= 0.3 is 0 Å². The molecule has 0 unspecified atom stereocenters. The summed E-state index contributed by atoms with van der Waals surface area (Å²) in [5.41, 5.74) is 6.64. The minimum absolute atomic E-state index is 0.718. The number of benzene rings is 3. The normalized spacial score (nSPS) is 10.9. The fraction of sp³-hybridized carbons (Fsp3) is 0.0435. The standard InChI is InChI=1S/C23H17Cl2N/c1-16-10-11-20(25)15-23(16)26-21(17-6-3-2-4-7-17)12-13-22(26)18-8-5-9-19(24)14-18/h2-15H,1H3. The first-order chi connectivity index (χ1) is 12.6. The Morgan fingerprint density at radius 1 is 0.615 bits per heavy atom. The number of nitrogens with zero attached hydrogens (tertiary/aromatic N) is 1. The van der Waals surface area contributed by atoms with Crippen LogP contribution >= 0.6 is 23.2 Å². The van der Waals surface area contributed by atoms with E-state index in [1.54, 1.807) is 0 Å². The molecule has 0 bridgehead atoms. The van der Waals surface area contributed by atoms with E-state index in [0.717, 1.165) is 43.8 Å². The second kappa shape index (κ2) is 7.03. The fourth-order valence-electron chi connectivity index (χ4n) is 3.23. The molecule has 128 valence electrons. The highest BCUT2D eigenvalue weighted by atomic mass is 35.5. The topological polar surface area (TPSA) is 4.93 Å². The highest BCUT2D eigenvalue weighted by molar-refractivity contribution is 6.31. The van der Waals surface area contributed by atoms with E-state index < -0.39 is 0 Å². The quantitative estimate of drug-likeness (QED) is 0.349. The van der Waals surface area contributed by atoms with Crippen molar-refractivity contribution in [3.05, 3.63) is 101 Å². The Balaban J connectivity index is 2.02. The summed E-state index contributed by atoms with van der Waals surface area (Å²) in [6.07, 6.45) is 0. The van der Waals surface area contributed by atoms with Crippen molar-refractivity contribution in [2.24, 2.45) is 0 Å². The van der Waals surface area contributed by atoms with Crippen LogP contribution in [0.15, 0.2) is 84.9 Å². The van der Waals surface area contributed by atoms with E-state index in [0.29, 0.717) is 0 Å². The summed E-state index contributed by atoms with van der Waals surface area (Å²) in [5, 5.41) is 1.44. The van der Waals surface area contributed by atoms with Gasteiger partial charge in [0.05, 0.1) is 17.1 Å². The van der Waals surface area contributed by atoms with Crippen molar-refractivity contribution in [1.82, 2.24) is 4.57 Å². The van der Waals surface area contributed by atoms with Crippen LogP contribution in [0.25, 0.3) is 28.2 Å². The van der Waals surface area contributed by atoms with Gasteiger partial charge in [0, 0.05) is 10.0 Å². The van der Waals surface area contributed by atoms with Crippen molar-refractivity contribution in [1.29, 1.82) is 0 Å². The molecule has 0 aliphatic carbocycles. The first kappa shape index (κ1) is 17.0. The van der Waals surface area contributed by atoms with Crippen molar-refractivity contribution in [3.8, 4) is 28.2 Å². The van der Waals surface area contributed by atoms with Gasteiger partial charge in [-0.2, -0.15) is 0 Å². The molecule has 26 heavy (non-hydrogen) atoms. The predicted molar refractivity (Wildman–Crippen MR) is 111 cm³/mol. The molecule has 0 fully saturated rings. The Morgan fingerprint density at radius 2 is 1.27 bits per heavy atom. The van der Waals surface area contributed by atoms with Crippen LogP contribution in [0.3, 0.4) is 0 Å². The molecular formula is C23H17Cl2N. The molecule has 0 saturated heterocycles. The molecular weight excluding hydrogens is 361 g/mol. The van der Waals surface area contributed by atoms with Crippen LogP contribution in [0.5, 0.6) is 0 Å². The highest BCUT2D eigenvalue weighted by Gasteiger charge is 2.15. The van der Waals surface area contributed by atoms with Crippen molar-refractivity contribution in [2.75, 3.05) is 0 Å². The van der Waals surface area contributed by atoms with Crippen molar-refractivity contribution in [3.63, 3.8) is 0 Å². The Hall–Kier alpha value is -2.48. The fourth-order valence-corrected chi connectivity index (χ4v) is 3.58. The van der Waals surface area contributed by atoms with Gasteiger partial charge in [0.25, 0.3) is 0 Å². The van der Waals surface area contributed by atoms with Gasteiger partial charge in [-0.3, -0.25) is 0 Å². The molecule has 0 radical (unpaired) electrons. The van der Waals surface area contributed by atoms with E-state index in [9.17, 15) is 0 Å². The molecule has 4 rings (SSSR count). The molecule has 0 saturated carbocycles. The molecule has 0 spiro atoms. The van der Waals surface area contributed by atoms with Gasteiger partial charge in [0.2, 0.25) is 0 Å². The molecule has 1 aromatic heterocycles. The van der Waals surface area contributed by atoms with Gasteiger partial charge in [-0.25, -0.2) is 0 Å². The van der Waals surface area contributed by atoms with Crippen molar-refractivity contribution >= 4 is 23.2 Å². The van der Waals surface area contributed by atoms with Crippen LogP contribution in [-0.2, 0) is 0 Å². The maximum absolute atomic E-state index is 6.32. The Bertz CT molecular complexity index is 1060. The van der Waals surface area contributed by atoms with Crippen LogP contribution in [0.4, 0.5) is 0 Å². The molecule has 3 aromatic carbocycles. The summed E-state index contributed by atoms with van der Waals surface area (Å²) < 4.78 is 2.25. The summed E-state index contributed by atoms with van der Waals surface area (Å²) in [6, 6.07) is 28.6. The van der Waals surface area contributed by atoms with Crippen LogP contribution < -0.4 is 0 Å².